The lowest BCUT2D eigenvalue weighted by Crippen LogP contribution is -2.27. The van der Waals surface area contributed by atoms with Gasteiger partial charge in [-0.15, -0.1) is 0 Å². The van der Waals surface area contributed by atoms with Crippen molar-refractivity contribution in [2.24, 2.45) is 5.73 Å². The minimum Gasteiger partial charge on any atom is -0.462 e. The summed E-state index contributed by atoms with van der Waals surface area (Å²) in [6.07, 6.45) is 0. The van der Waals surface area contributed by atoms with E-state index < -0.39 is 11.9 Å². The molecule has 2 N–H and O–H groups in total. The van der Waals surface area contributed by atoms with Crippen LogP contribution in [0.25, 0.3) is 10.8 Å². The summed E-state index contributed by atoms with van der Waals surface area (Å²) in [5.41, 5.74) is 8.22. The number of nitrogens with two attached hydrogens (primary N) is 1. The normalized spacial score (nSPS) is 17.1. The molecule has 2 aliphatic rings. The second-order valence-electron chi connectivity index (χ2n) is 6.84. The van der Waals surface area contributed by atoms with E-state index in [2.05, 4.69) is 0 Å². The Morgan fingerprint density at radius 2 is 1.86 bits per heavy atom. The molecular formula is C23H19NO5. The molecule has 0 amide bonds. The van der Waals surface area contributed by atoms with Gasteiger partial charge in [0, 0.05) is 5.56 Å². The molecule has 1 atom stereocenters. The molecule has 2 aliphatic heterocycles. The number of fused-ring (bicyclic) bond motifs is 4. The van der Waals surface area contributed by atoms with Crippen molar-refractivity contribution in [3.05, 3.63) is 77.2 Å². The molecular weight excluding hydrogens is 370 g/mol. The Bertz CT molecular complexity index is 1170. The molecule has 146 valence electrons. The van der Waals surface area contributed by atoms with E-state index in [1.54, 1.807) is 6.92 Å². The van der Waals surface area contributed by atoms with Gasteiger partial charge in [-0.25, -0.2) is 4.79 Å². The zero-order chi connectivity index (χ0) is 20.0. The maximum Gasteiger partial charge on any atom is 0.340 e. The van der Waals surface area contributed by atoms with E-state index in [-0.39, 0.29) is 24.9 Å². The fourth-order valence-electron chi connectivity index (χ4n) is 3.98. The van der Waals surface area contributed by atoms with Gasteiger partial charge >= 0.3 is 5.97 Å². The van der Waals surface area contributed by atoms with Crippen molar-refractivity contribution >= 4 is 16.7 Å². The Hall–Kier alpha value is -3.67. The number of carbonyl (C=O) groups is 1. The monoisotopic (exact) mass is 389 g/mol. The fourth-order valence-corrected chi connectivity index (χ4v) is 3.98. The lowest BCUT2D eigenvalue weighted by molar-refractivity contribution is -0.139. The van der Waals surface area contributed by atoms with Crippen molar-refractivity contribution < 1.29 is 23.7 Å². The second kappa shape index (κ2) is 6.74. The van der Waals surface area contributed by atoms with Gasteiger partial charge in [0.2, 0.25) is 12.7 Å². The number of carbonyl (C=O) groups excluding carboxylic acids is 1. The first-order chi connectivity index (χ1) is 14.2. The van der Waals surface area contributed by atoms with E-state index in [1.807, 2.05) is 54.6 Å². The number of benzene rings is 3. The largest absolute Gasteiger partial charge is 0.462 e. The summed E-state index contributed by atoms with van der Waals surface area (Å²) >= 11 is 0. The summed E-state index contributed by atoms with van der Waals surface area (Å²) in [5.74, 6) is 1.03. The highest BCUT2D eigenvalue weighted by atomic mass is 16.7. The van der Waals surface area contributed by atoms with E-state index in [1.165, 1.54) is 0 Å². The maximum absolute atomic E-state index is 12.9. The van der Waals surface area contributed by atoms with Crippen molar-refractivity contribution in [3.63, 3.8) is 0 Å². The lowest BCUT2D eigenvalue weighted by Gasteiger charge is -2.29. The van der Waals surface area contributed by atoms with Crippen molar-refractivity contribution in [1.82, 2.24) is 0 Å². The standard InChI is InChI=1S/C23H19NO5/c1-2-26-23(25)21-19(14-8-9-16-18(11-14)28-12-27-16)20-15-6-4-3-5-13(15)7-10-17(20)29-22(21)24/h3-11,19H,2,12,24H2,1H3. The highest BCUT2D eigenvalue weighted by Gasteiger charge is 2.37. The number of hydrogen-bond donors (Lipinski definition) is 1. The third kappa shape index (κ3) is 2.76. The Labute approximate surface area is 167 Å². The predicted molar refractivity (Wildman–Crippen MR) is 107 cm³/mol. The van der Waals surface area contributed by atoms with Gasteiger partial charge in [0.05, 0.1) is 12.5 Å². The minimum atomic E-state index is -0.494. The van der Waals surface area contributed by atoms with E-state index in [9.17, 15) is 4.79 Å². The molecule has 3 aromatic carbocycles. The summed E-state index contributed by atoms with van der Waals surface area (Å²) < 4.78 is 22.2. The summed E-state index contributed by atoms with van der Waals surface area (Å²) in [6.45, 7) is 2.18. The zero-order valence-electron chi connectivity index (χ0n) is 15.8. The van der Waals surface area contributed by atoms with E-state index in [0.717, 1.165) is 21.9 Å². The van der Waals surface area contributed by atoms with E-state index >= 15 is 0 Å². The van der Waals surface area contributed by atoms with Crippen LogP contribution in [0.15, 0.2) is 66.1 Å². The first-order valence-electron chi connectivity index (χ1n) is 9.43. The molecule has 3 aromatic rings. The highest BCUT2D eigenvalue weighted by molar-refractivity contribution is 5.97. The van der Waals surface area contributed by atoms with Crippen LogP contribution in [-0.4, -0.2) is 19.4 Å². The zero-order valence-corrected chi connectivity index (χ0v) is 15.8. The van der Waals surface area contributed by atoms with Crippen LogP contribution in [0.1, 0.15) is 24.0 Å². The van der Waals surface area contributed by atoms with Gasteiger partial charge < -0.3 is 24.7 Å². The first-order valence-corrected chi connectivity index (χ1v) is 9.43. The SMILES string of the molecule is CCOC(=O)C1=C(N)Oc2ccc3ccccc3c2C1c1ccc2c(c1)OCO2. The van der Waals surface area contributed by atoms with Crippen LogP contribution in [0.2, 0.25) is 0 Å². The molecule has 5 rings (SSSR count). The summed E-state index contributed by atoms with van der Waals surface area (Å²) in [6, 6.07) is 17.5. The molecule has 2 heterocycles. The number of esters is 1. The smallest absolute Gasteiger partial charge is 0.340 e. The molecule has 29 heavy (non-hydrogen) atoms. The molecule has 6 nitrogen and oxygen atoms in total. The molecule has 1 unspecified atom stereocenters. The number of rotatable bonds is 3. The first kappa shape index (κ1) is 17.4. The molecule has 0 saturated carbocycles. The molecule has 0 aliphatic carbocycles. The van der Waals surface area contributed by atoms with Crippen LogP contribution in [0.4, 0.5) is 0 Å². The van der Waals surface area contributed by atoms with Crippen molar-refractivity contribution in [2.45, 2.75) is 12.8 Å². The quantitative estimate of drug-likeness (QED) is 0.686. The molecule has 6 heteroatoms. The predicted octanol–water partition coefficient (Wildman–Crippen LogP) is 3.83. The van der Waals surface area contributed by atoms with Crippen LogP contribution in [0.5, 0.6) is 17.2 Å². The highest BCUT2D eigenvalue weighted by Crippen LogP contribution is 2.47. The topological polar surface area (TPSA) is 80.0 Å². The van der Waals surface area contributed by atoms with Crippen LogP contribution < -0.4 is 19.9 Å². The second-order valence-corrected chi connectivity index (χ2v) is 6.84. The van der Waals surface area contributed by atoms with Crippen LogP contribution in [0, 0.1) is 0 Å². The van der Waals surface area contributed by atoms with Gasteiger partial charge in [-0.1, -0.05) is 36.4 Å². The van der Waals surface area contributed by atoms with Crippen molar-refractivity contribution in [1.29, 1.82) is 0 Å². The summed E-state index contributed by atoms with van der Waals surface area (Å²) in [5, 5.41) is 2.03. The molecule has 0 bridgehead atoms. The molecule has 0 spiro atoms. The van der Waals surface area contributed by atoms with E-state index in [4.69, 9.17) is 24.7 Å². The van der Waals surface area contributed by atoms with Crippen molar-refractivity contribution in [2.75, 3.05) is 13.4 Å². The number of hydrogen-bond acceptors (Lipinski definition) is 6. The molecule has 0 fully saturated rings. The Morgan fingerprint density at radius 3 is 2.72 bits per heavy atom. The molecule has 0 saturated heterocycles. The van der Waals surface area contributed by atoms with Crippen molar-refractivity contribution in [3.8, 4) is 17.2 Å². The number of ether oxygens (including phenoxy) is 4. The van der Waals surface area contributed by atoms with Gasteiger partial charge in [0.1, 0.15) is 11.3 Å². The third-order valence-corrected chi connectivity index (χ3v) is 5.22. The van der Waals surface area contributed by atoms with Crippen LogP contribution >= 0.6 is 0 Å². The van der Waals surface area contributed by atoms with Gasteiger partial charge in [0.25, 0.3) is 0 Å². The summed E-state index contributed by atoms with van der Waals surface area (Å²) in [7, 11) is 0. The van der Waals surface area contributed by atoms with Gasteiger partial charge in [-0.2, -0.15) is 0 Å². The van der Waals surface area contributed by atoms with Gasteiger partial charge in [-0.3, -0.25) is 0 Å². The Balaban J connectivity index is 1.78. The lowest BCUT2D eigenvalue weighted by atomic mass is 9.80. The van der Waals surface area contributed by atoms with Crippen LogP contribution in [0.3, 0.4) is 0 Å². The average molecular weight is 389 g/mol. The van der Waals surface area contributed by atoms with Crippen LogP contribution in [-0.2, 0) is 9.53 Å². The molecule has 0 aromatic heterocycles. The van der Waals surface area contributed by atoms with E-state index in [0.29, 0.717) is 17.2 Å². The third-order valence-electron chi connectivity index (χ3n) is 5.22. The van der Waals surface area contributed by atoms with Gasteiger partial charge in [0.15, 0.2) is 11.5 Å². The average Bonchev–Trinajstić information content (AvgIpc) is 3.20. The Morgan fingerprint density at radius 1 is 1.07 bits per heavy atom. The minimum absolute atomic E-state index is 0.0499. The summed E-state index contributed by atoms with van der Waals surface area (Å²) in [4.78, 5) is 12.9. The fraction of sp³-hybridized carbons (Fsp3) is 0.174. The maximum atomic E-state index is 12.9. The Kier molecular flexibility index (Phi) is 4.05. The van der Waals surface area contributed by atoms with Gasteiger partial charge in [-0.05, 0) is 41.5 Å². The molecule has 0 radical (unpaired) electrons.